The lowest BCUT2D eigenvalue weighted by molar-refractivity contribution is -0.132. The molecule has 1 aliphatic rings. The van der Waals surface area contributed by atoms with E-state index in [-0.39, 0.29) is 17.9 Å². The van der Waals surface area contributed by atoms with Crippen LogP contribution < -0.4 is 14.4 Å². The van der Waals surface area contributed by atoms with Crippen molar-refractivity contribution in [2.45, 2.75) is 26.5 Å². The molecule has 0 saturated carbocycles. The fourth-order valence-corrected chi connectivity index (χ4v) is 5.05. The summed E-state index contributed by atoms with van der Waals surface area (Å²) in [5, 5.41) is 11.6. The highest BCUT2D eigenvalue weighted by Crippen LogP contribution is 2.43. The number of aliphatic hydroxyl groups excluding tert-OH is 1. The Morgan fingerprint density at radius 1 is 0.884 bits per heavy atom. The van der Waals surface area contributed by atoms with Crippen LogP contribution in [0.5, 0.6) is 11.5 Å². The first-order valence-corrected chi connectivity index (χ1v) is 13.8. The smallest absolute Gasteiger partial charge is 0.338 e. The zero-order chi connectivity index (χ0) is 30.5. The predicted octanol–water partition coefficient (Wildman–Crippen LogP) is 6.39. The molecule has 43 heavy (non-hydrogen) atoms. The van der Waals surface area contributed by atoms with Gasteiger partial charge in [-0.2, -0.15) is 0 Å². The number of rotatable bonds is 9. The van der Waals surface area contributed by atoms with E-state index in [1.807, 2.05) is 37.3 Å². The Morgan fingerprint density at radius 3 is 2.28 bits per heavy atom. The van der Waals surface area contributed by atoms with Gasteiger partial charge in [0.05, 0.1) is 30.9 Å². The number of benzene rings is 4. The van der Waals surface area contributed by atoms with Gasteiger partial charge in [0.1, 0.15) is 23.9 Å². The van der Waals surface area contributed by atoms with Gasteiger partial charge < -0.3 is 19.3 Å². The number of ketones is 1. The van der Waals surface area contributed by atoms with Crippen LogP contribution >= 0.6 is 0 Å². The summed E-state index contributed by atoms with van der Waals surface area (Å²) in [4.78, 5) is 40.6. The molecule has 1 fully saturated rings. The summed E-state index contributed by atoms with van der Waals surface area (Å²) >= 11 is 0. The lowest BCUT2D eigenvalue weighted by atomic mass is 9.94. The molecule has 1 aliphatic heterocycles. The van der Waals surface area contributed by atoms with Crippen molar-refractivity contribution in [2.75, 3.05) is 18.6 Å². The maximum Gasteiger partial charge on any atom is 0.338 e. The highest BCUT2D eigenvalue weighted by atomic mass is 16.5. The maximum atomic E-state index is 13.6. The van der Waals surface area contributed by atoms with Crippen LogP contribution in [-0.4, -0.2) is 36.5 Å². The van der Waals surface area contributed by atoms with Crippen LogP contribution in [0.25, 0.3) is 5.76 Å². The number of hydrogen-bond donors (Lipinski definition) is 1. The Kier molecular flexibility index (Phi) is 8.57. The second-order valence-corrected chi connectivity index (χ2v) is 9.97. The van der Waals surface area contributed by atoms with E-state index in [2.05, 4.69) is 0 Å². The molecular formula is C35H31NO7. The number of esters is 1. The summed E-state index contributed by atoms with van der Waals surface area (Å²) in [5.74, 6) is -1.29. The van der Waals surface area contributed by atoms with Crippen molar-refractivity contribution < 1.29 is 33.7 Å². The quantitative estimate of drug-likeness (QED) is 0.107. The molecule has 8 nitrogen and oxygen atoms in total. The van der Waals surface area contributed by atoms with Crippen molar-refractivity contribution in [2.24, 2.45) is 0 Å². The molecule has 4 aromatic carbocycles. The number of carbonyl (C=O) groups is 3. The molecule has 1 heterocycles. The van der Waals surface area contributed by atoms with Crippen molar-refractivity contribution in [3.63, 3.8) is 0 Å². The van der Waals surface area contributed by atoms with Gasteiger partial charge in [0, 0.05) is 11.3 Å². The van der Waals surface area contributed by atoms with Gasteiger partial charge >= 0.3 is 5.97 Å². The maximum absolute atomic E-state index is 13.6. The third-order valence-electron chi connectivity index (χ3n) is 7.20. The van der Waals surface area contributed by atoms with E-state index in [1.54, 1.807) is 61.5 Å². The van der Waals surface area contributed by atoms with Crippen LogP contribution in [0.2, 0.25) is 0 Å². The molecule has 1 amide bonds. The normalized spacial score (nSPS) is 15.8. The van der Waals surface area contributed by atoms with E-state index >= 15 is 0 Å². The molecule has 0 aliphatic carbocycles. The Bertz CT molecular complexity index is 1690. The minimum Gasteiger partial charge on any atom is -0.507 e. The topological polar surface area (TPSA) is 102 Å². The molecule has 1 N–H and O–H groups in total. The molecule has 4 aromatic rings. The Labute approximate surface area is 249 Å². The van der Waals surface area contributed by atoms with E-state index in [4.69, 9.17) is 14.2 Å². The highest BCUT2D eigenvalue weighted by molar-refractivity contribution is 6.51. The first kappa shape index (κ1) is 29.1. The molecule has 218 valence electrons. The SMILES string of the molecule is CCOC(=O)c1ccc(N2C(=O)C(=O)/C(=C(\O)c3ccc(OCc4ccccc4)c(C)c3)C2c2cccc(OC)c2)cc1. The molecule has 0 aromatic heterocycles. The second kappa shape index (κ2) is 12.7. The lowest BCUT2D eigenvalue weighted by Crippen LogP contribution is -2.29. The van der Waals surface area contributed by atoms with Crippen LogP contribution in [0.1, 0.15) is 45.6 Å². The summed E-state index contributed by atoms with van der Waals surface area (Å²) in [7, 11) is 1.52. The minimum absolute atomic E-state index is 0.0647. The van der Waals surface area contributed by atoms with Gasteiger partial charge in [-0.25, -0.2) is 4.79 Å². The molecule has 5 rings (SSSR count). The Morgan fingerprint density at radius 2 is 1.60 bits per heavy atom. The van der Waals surface area contributed by atoms with Crippen LogP contribution in [0.3, 0.4) is 0 Å². The number of methoxy groups -OCH3 is 1. The van der Waals surface area contributed by atoms with E-state index in [0.717, 1.165) is 11.1 Å². The largest absolute Gasteiger partial charge is 0.507 e. The lowest BCUT2D eigenvalue weighted by Gasteiger charge is -2.26. The van der Waals surface area contributed by atoms with Crippen LogP contribution in [0, 0.1) is 6.92 Å². The van der Waals surface area contributed by atoms with Crippen molar-refractivity contribution in [3.05, 3.63) is 130 Å². The number of aryl methyl sites for hydroxylation is 1. The number of anilines is 1. The Hall–Kier alpha value is -5.37. The number of Topliss-reactive ketones (excluding diaryl/α,β-unsaturated/α-hetero) is 1. The van der Waals surface area contributed by atoms with Gasteiger partial charge in [-0.1, -0.05) is 42.5 Å². The van der Waals surface area contributed by atoms with Gasteiger partial charge in [-0.15, -0.1) is 0 Å². The van der Waals surface area contributed by atoms with Gasteiger partial charge in [-0.3, -0.25) is 14.5 Å². The fraction of sp³-hybridized carbons (Fsp3) is 0.171. The first-order valence-electron chi connectivity index (χ1n) is 13.8. The van der Waals surface area contributed by atoms with Gasteiger partial charge in [0.15, 0.2) is 0 Å². The standard InChI is InChI=1S/C35H31NO7/c1-4-42-35(40)24-13-16-27(17-14-24)36-31(25-11-8-12-28(20-25)41-3)30(33(38)34(36)39)32(37)26-15-18-29(22(2)19-26)43-21-23-9-6-5-7-10-23/h5-20,31,37H,4,21H2,1-3H3/b32-30-. The van der Waals surface area contributed by atoms with Crippen molar-refractivity contribution in [1.82, 2.24) is 0 Å². The highest BCUT2D eigenvalue weighted by Gasteiger charge is 2.47. The fourth-order valence-electron chi connectivity index (χ4n) is 5.05. The molecule has 8 heteroatoms. The zero-order valence-electron chi connectivity index (χ0n) is 24.1. The summed E-state index contributed by atoms with van der Waals surface area (Å²) < 4.78 is 16.4. The number of hydrogen-bond acceptors (Lipinski definition) is 7. The second-order valence-electron chi connectivity index (χ2n) is 9.97. The van der Waals surface area contributed by atoms with Crippen LogP contribution in [0.15, 0.2) is 103 Å². The van der Waals surface area contributed by atoms with Crippen molar-refractivity contribution >= 4 is 29.1 Å². The molecule has 1 saturated heterocycles. The summed E-state index contributed by atoms with van der Waals surface area (Å²) in [5.41, 5.74) is 3.32. The first-order chi connectivity index (χ1) is 20.8. The number of nitrogens with zero attached hydrogens (tertiary/aromatic N) is 1. The summed E-state index contributed by atoms with van der Waals surface area (Å²) in [6.45, 7) is 4.17. The van der Waals surface area contributed by atoms with E-state index < -0.39 is 23.7 Å². The zero-order valence-corrected chi connectivity index (χ0v) is 24.1. The predicted molar refractivity (Wildman–Crippen MR) is 162 cm³/mol. The number of ether oxygens (including phenoxy) is 3. The number of aliphatic hydroxyl groups is 1. The monoisotopic (exact) mass is 577 g/mol. The minimum atomic E-state index is -0.960. The number of amides is 1. The summed E-state index contributed by atoms with van der Waals surface area (Å²) in [6.07, 6.45) is 0. The molecule has 1 atom stereocenters. The Balaban J connectivity index is 1.55. The van der Waals surface area contributed by atoms with Gasteiger partial charge in [0.25, 0.3) is 11.7 Å². The molecule has 0 radical (unpaired) electrons. The van der Waals surface area contributed by atoms with Crippen LogP contribution in [-0.2, 0) is 20.9 Å². The average molecular weight is 578 g/mol. The third kappa shape index (κ3) is 5.99. The number of carbonyl (C=O) groups excluding carboxylic acids is 3. The van der Waals surface area contributed by atoms with Crippen molar-refractivity contribution in [1.29, 1.82) is 0 Å². The van der Waals surface area contributed by atoms with Gasteiger partial charge in [0.2, 0.25) is 0 Å². The molecule has 1 unspecified atom stereocenters. The van der Waals surface area contributed by atoms with E-state index in [0.29, 0.717) is 40.5 Å². The summed E-state index contributed by atoms with van der Waals surface area (Å²) in [6, 6.07) is 27.1. The van der Waals surface area contributed by atoms with E-state index in [9.17, 15) is 19.5 Å². The molecule has 0 bridgehead atoms. The van der Waals surface area contributed by atoms with Crippen LogP contribution in [0.4, 0.5) is 5.69 Å². The average Bonchev–Trinajstić information content (AvgIpc) is 3.30. The molecule has 0 spiro atoms. The molecular weight excluding hydrogens is 546 g/mol. The van der Waals surface area contributed by atoms with Crippen molar-refractivity contribution in [3.8, 4) is 11.5 Å². The van der Waals surface area contributed by atoms with E-state index in [1.165, 1.54) is 24.1 Å². The van der Waals surface area contributed by atoms with Gasteiger partial charge in [-0.05, 0) is 85.1 Å². The third-order valence-corrected chi connectivity index (χ3v) is 7.20.